The molecule has 1 saturated heterocycles. The monoisotopic (exact) mass is 410 g/mol. The first-order valence-corrected chi connectivity index (χ1v) is 11.3. The normalized spacial score (nSPS) is 17.6. The van der Waals surface area contributed by atoms with Gasteiger partial charge < -0.3 is 9.30 Å². The van der Waals surface area contributed by atoms with Crippen LogP contribution in [-0.2, 0) is 22.9 Å². The van der Waals surface area contributed by atoms with Crippen LogP contribution in [0.3, 0.4) is 0 Å². The minimum atomic E-state index is -3.54. The molecule has 3 heterocycles. The molecule has 1 aliphatic heterocycles. The highest BCUT2D eigenvalue weighted by atomic mass is 32.2. The Morgan fingerprint density at radius 3 is 2.55 bits per heavy atom. The van der Waals surface area contributed by atoms with Gasteiger partial charge in [0.15, 0.2) is 0 Å². The van der Waals surface area contributed by atoms with Gasteiger partial charge in [-0.2, -0.15) is 4.31 Å². The third-order valence-corrected chi connectivity index (χ3v) is 7.71. The molecular weight excluding hydrogens is 388 g/mol. The number of aryl methyl sites for hydroxylation is 2. The number of carbonyl (C=O) groups excluding carboxylic acids is 1. The molecule has 0 atom stereocenters. The van der Waals surface area contributed by atoms with Crippen LogP contribution in [0.2, 0.25) is 0 Å². The molecule has 2 aliphatic rings. The van der Waals surface area contributed by atoms with Crippen molar-refractivity contribution in [3.05, 3.63) is 65.6 Å². The number of pyridine rings is 1. The van der Waals surface area contributed by atoms with Gasteiger partial charge in [-0.3, -0.25) is 4.79 Å². The minimum Gasteiger partial charge on any atom is -0.335 e. The van der Waals surface area contributed by atoms with Gasteiger partial charge in [-0.25, -0.2) is 13.4 Å². The zero-order valence-corrected chi connectivity index (χ0v) is 16.8. The zero-order valence-electron chi connectivity index (χ0n) is 16.0. The molecule has 0 N–H and O–H groups in total. The second-order valence-electron chi connectivity index (χ2n) is 7.57. The van der Waals surface area contributed by atoms with Gasteiger partial charge in [0, 0.05) is 38.6 Å². The molecule has 0 unspecified atom stereocenters. The summed E-state index contributed by atoms with van der Waals surface area (Å²) in [5.41, 5.74) is 3.50. The topological polar surface area (TPSA) is 75.0 Å². The number of aromatic nitrogens is 2. The molecule has 0 saturated carbocycles. The summed E-state index contributed by atoms with van der Waals surface area (Å²) in [5, 5.41) is 0. The van der Waals surface area contributed by atoms with E-state index in [1.807, 2.05) is 40.9 Å². The van der Waals surface area contributed by atoms with Crippen LogP contribution < -0.4 is 0 Å². The van der Waals surface area contributed by atoms with Gasteiger partial charge in [-0.05, 0) is 54.7 Å². The molecule has 2 aromatic heterocycles. The van der Waals surface area contributed by atoms with Crippen molar-refractivity contribution in [2.24, 2.45) is 0 Å². The highest BCUT2D eigenvalue weighted by molar-refractivity contribution is 7.89. The number of benzene rings is 1. The lowest BCUT2D eigenvalue weighted by atomic mass is 10.1. The highest BCUT2D eigenvalue weighted by Gasteiger charge is 2.31. The molecule has 0 radical (unpaired) electrons. The van der Waals surface area contributed by atoms with E-state index in [4.69, 9.17) is 0 Å². The first-order chi connectivity index (χ1) is 14.0. The predicted molar refractivity (Wildman–Crippen MR) is 108 cm³/mol. The standard InChI is InChI=1S/C21H22N4O3S/c26-21(19-15-24-9-2-1-6-20(24)22-19)23-10-12-25(13-11-23)29(27,28)18-8-7-16-4-3-5-17(16)14-18/h1-2,6-9,14-15H,3-5,10-13H2. The Hall–Kier alpha value is -2.71. The molecule has 1 aliphatic carbocycles. The van der Waals surface area contributed by atoms with Gasteiger partial charge in [0.2, 0.25) is 10.0 Å². The summed E-state index contributed by atoms with van der Waals surface area (Å²) in [7, 11) is -3.54. The number of nitrogens with zero attached hydrogens (tertiary/aromatic N) is 4. The molecule has 150 valence electrons. The summed E-state index contributed by atoms with van der Waals surface area (Å²) in [6.45, 7) is 1.30. The first kappa shape index (κ1) is 18.3. The van der Waals surface area contributed by atoms with Crippen LogP contribution in [0.5, 0.6) is 0 Å². The number of carbonyl (C=O) groups is 1. The summed E-state index contributed by atoms with van der Waals surface area (Å²) in [5.74, 6) is -0.164. The molecule has 7 nitrogen and oxygen atoms in total. The van der Waals surface area contributed by atoms with Crippen LogP contribution in [0.4, 0.5) is 0 Å². The Morgan fingerprint density at radius 2 is 1.76 bits per heavy atom. The van der Waals surface area contributed by atoms with Crippen LogP contribution in [0.1, 0.15) is 28.0 Å². The second kappa shape index (κ2) is 6.96. The number of fused-ring (bicyclic) bond motifs is 2. The Balaban J connectivity index is 1.30. The number of imidazole rings is 1. The van der Waals surface area contributed by atoms with Crippen molar-refractivity contribution in [2.75, 3.05) is 26.2 Å². The van der Waals surface area contributed by atoms with Gasteiger partial charge in [-0.15, -0.1) is 0 Å². The van der Waals surface area contributed by atoms with Crippen molar-refractivity contribution >= 4 is 21.6 Å². The molecular formula is C21H22N4O3S. The van der Waals surface area contributed by atoms with Crippen LogP contribution in [-0.4, -0.2) is 59.1 Å². The molecule has 5 rings (SSSR count). The third-order valence-electron chi connectivity index (χ3n) is 5.82. The fraction of sp³-hybridized carbons (Fsp3) is 0.333. The van der Waals surface area contributed by atoms with Crippen LogP contribution in [0.25, 0.3) is 5.65 Å². The Morgan fingerprint density at radius 1 is 0.966 bits per heavy atom. The van der Waals surface area contributed by atoms with Crippen molar-refractivity contribution in [2.45, 2.75) is 24.2 Å². The van der Waals surface area contributed by atoms with E-state index < -0.39 is 10.0 Å². The minimum absolute atomic E-state index is 0.164. The summed E-state index contributed by atoms with van der Waals surface area (Å²) in [6.07, 6.45) is 6.62. The Bertz CT molecular complexity index is 1160. The lowest BCUT2D eigenvalue weighted by Gasteiger charge is -2.33. The smallest absolute Gasteiger partial charge is 0.274 e. The maximum atomic E-state index is 13.1. The van der Waals surface area contributed by atoms with Crippen LogP contribution in [0, 0.1) is 0 Å². The van der Waals surface area contributed by atoms with Crippen molar-refractivity contribution in [3.8, 4) is 0 Å². The number of rotatable bonds is 3. The van der Waals surface area contributed by atoms with Gasteiger partial charge in [-0.1, -0.05) is 12.1 Å². The maximum absolute atomic E-state index is 13.1. The predicted octanol–water partition coefficient (Wildman–Crippen LogP) is 1.97. The average Bonchev–Trinajstić information content (AvgIpc) is 3.39. The van der Waals surface area contributed by atoms with Crippen molar-refractivity contribution in [3.63, 3.8) is 0 Å². The number of amides is 1. The molecule has 3 aromatic rings. The van der Waals surface area contributed by atoms with E-state index in [0.717, 1.165) is 24.8 Å². The van der Waals surface area contributed by atoms with E-state index in [9.17, 15) is 13.2 Å². The Kier molecular flexibility index (Phi) is 4.40. The highest BCUT2D eigenvalue weighted by Crippen LogP contribution is 2.27. The van der Waals surface area contributed by atoms with Crippen molar-refractivity contribution in [1.29, 1.82) is 0 Å². The Labute approximate surface area is 169 Å². The quantitative estimate of drug-likeness (QED) is 0.662. The van der Waals surface area contributed by atoms with Crippen LogP contribution >= 0.6 is 0 Å². The first-order valence-electron chi connectivity index (χ1n) is 9.87. The molecule has 8 heteroatoms. The average molecular weight is 410 g/mol. The fourth-order valence-corrected chi connectivity index (χ4v) is 5.66. The molecule has 29 heavy (non-hydrogen) atoms. The molecule has 0 bridgehead atoms. The number of hydrogen-bond acceptors (Lipinski definition) is 4. The summed E-state index contributed by atoms with van der Waals surface area (Å²) in [4.78, 5) is 19.2. The summed E-state index contributed by atoms with van der Waals surface area (Å²) < 4.78 is 29.4. The number of hydrogen-bond donors (Lipinski definition) is 0. The van der Waals surface area contributed by atoms with E-state index in [1.165, 1.54) is 9.87 Å². The van der Waals surface area contributed by atoms with E-state index >= 15 is 0 Å². The maximum Gasteiger partial charge on any atom is 0.274 e. The van der Waals surface area contributed by atoms with Gasteiger partial charge >= 0.3 is 0 Å². The van der Waals surface area contributed by atoms with Gasteiger partial charge in [0.05, 0.1) is 4.90 Å². The fourth-order valence-electron chi connectivity index (χ4n) is 4.19. The lowest BCUT2D eigenvalue weighted by molar-refractivity contribution is 0.0692. The molecule has 0 spiro atoms. The van der Waals surface area contributed by atoms with Crippen LogP contribution in [0.15, 0.2) is 53.7 Å². The van der Waals surface area contributed by atoms with E-state index in [-0.39, 0.29) is 5.91 Å². The summed E-state index contributed by atoms with van der Waals surface area (Å²) >= 11 is 0. The van der Waals surface area contributed by atoms with Crippen molar-refractivity contribution < 1.29 is 13.2 Å². The molecule has 1 fully saturated rings. The SMILES string of the molecule is O=C(c1cn2ccccc2n1)N1CCN(S(=O)(=O)c2ccc3c(c2)CCC3)CC1. The van der Waals surface area contributed by atoms with E-state index in [2.05, 4.69) is 4.98 Å². The zero-order chi connectivity index (χ0) is 20.0. The van der Waals surface area contributed by atoms with Gasteiger partial charge in [0.1, 0.15) is 11.3 Å². The van der Waals surface area contributed by atoms with E-state index in [1.54, 1.807) is 17.2 Å². The molecule has 1 aromatic carbocycles. The van der Waals surface area contributed by atoms with E-state index in [0.29, 0.717) is 42.4 Å². The second-order valence-corrected chi connectivity index (χ2v) is 9.51. The number of piperazine rings is 1. The largest absolute Gasteiger partial charge is 0.335 e. The molecule has 1 amide bonds. The van der Waals surface area contributed by atoms with Crippen molar-refractivity contribution in [1.82, 2.24) is 18.6 Å². The lowest BCUT2D eigenvalue weighted by Crippen LogP contribution is -2.50. The van der Waals surface area contributed by atoms with Gasteiger partial charge in [0.25, 0.3) is 5.91 Å². The third kappa shape index (κ3) is 3.22. The summed E-state index contributed by atoms with van der Waals surface area (Å²) in [6, 6.07) is 11.1. The number of sulfonamides is 1.